The lowest BCUT2D eigenvalue weighted by Crippen LogP contribution is -2.29. The maximum Gasteiger partial charge on any atom is 0.490 e. The Morgan fingerprint density at radius 3 is 2.52 bits per heavy atom. The van der Waals surface area contributed by atoms with Crippen LogP contribution in [0.25, 0.3) is 11.2 Å². The SMILES string of the molecule is Nc1ncnc2c1ncn2[C@H]1CC(OCc2ccccc2[N+](=O)[O-])[C@@H](COP(=O)(O)OP(=O)(O)OP(=O)(O)O)O1. The smallest absolute Gasteiger partial charge is 0.382 e. The van der Waals surface area contributed by atoms with E-state index in [0.717, 1.165) is 0 Å². The van der Waals surface area contributed by atoms with Gasteiger partial charge in [0.05, 0.1) is 36.1 Å². The first-order chi connectivity index (χ1) is 18.6. The van der Waals surface area contributed by atoms with Crippen LogP contribution in [0.15, 0.2) is 36.9 Å². The molecule has 40 heavy (non-hydrogen) atoms. The molecule has 0 bridgehead atoms. The monoisotopic (exact) mass is 626 g/mol. The number of para-hydroxylation sites is 1. The van der Waals surface area contributed by atoms with Gasteiger partial charge in [-0.05, 0) is 6.07 Å². The Kier molecular flexibility index (Phi) is 8.82. The highest BCUT2D eigenvalue weighted by molar-refractivity contribution is 7.66. The third-order valence-electron chi connectivity index (χ3n) is 5.34. The fourth-order valence-electron chi connectivity index (χ4n) is 3.76. The zero-order valence-corrected chi connectivity index (χ0v) is 22.5. The summed E-state index contributed by atoms with van der Waals surface area (Å²) in [6, 6.07) is 5.78. The topological polar surface area (TPSA) is 291 Å². The van der Waals surface area contributed by atoms with Gasteiger partial charge in [0.1, 0.15) is 24.2 Å². The van der Waals surface area contributed by atoms with Crippen LogP contribution in [-0.4, -0.2) is 62.8 Å². The van der Waals surface area contributed by atoms with E-state index in [-0.39, 0.29) is 41.3 Å². The number of benzene rings is 1. The minimum atomic E-state index is -5.74. The number of ether oxygens (including phenoxy) is 2. The number of rotatable bonds is 12. The molecule has 2 aromatic heterocycles. The van der Waals surface area contributed by atoms with E-state index >= 15 is 0 Å². The Balaban J connectivity index is 1.53. The van der Waals surface area contributed by atoms with Gasteiger partial charge in [-0.3, -0.25) is 19.2 Å². The van der Waals surface area contributed by atoms with Gasteiger partial charge in [0.25, 0.3) is 5.69 Å². The number of hydrogen-bond donors (Lipinski definition) is 5. The molecule has 3 aromatic rings. The van der Waals surface area contributed by atoms with E-state index in [2.05, 4.69) is 23.6 Å². The second-order valence-electron chi connectivity index (χ2n) is 8.07. The summed E-state index contributed by atoms with van der Waals surface area (Å²) in [6.07, 6.45) is -0.419. The average Bonchev–Trinajstić information content (AvgIpc) is 3.44. The molecule has 4 rings (SSSR count). The second kappa shape index (κ2) is 11.7. The Bertz CT molecular complexity index is 1550. The highest BCUT2D eigenvalue weighted by Gasteiger charge is 2.43. The number of nitro benzene ring substituents is 1. The zero-order chi connectivity index (χ0) is 29.3. The normalized spacial score (nSPS) is 22.6. The van der Waals surface area contributed by atoms with Gasteiger partial charge in [-0.25, -0.2) is 28.6 Å². The summed E-state index contributed by atoms with van der Waals surface area (Å²) in [5, 5.41) is 11.4. The molecule has 1 saturated heterocycles. The number of nitrogens with two attached hydrogens (primary N) is 1. The standard InChI is InChI=1S/C17H21N6O14P3/c18-16-15-17(20-8-19-16)22(9-21-15)14-5-12(33-6-10-3-1-2-4-11(10)23(24)25)13(35-14)7-34-39(29,30)37-40(31,32)36-38(26,27)28/h1-4,8-9,12-14H,5-7H2,(H,29,30)(H,31,32)(H2,18,19,20)(H2,26,27,28)/t12?,13-,14-/m1/s1. The molecule has 0 spiro atoms. The first kappa shape index (κ1) is 30.3. The lowest BCUT2D eigenvalue weighted by molar-refractivity contribution is -0.386. The first-order valence-corrected chi connectivity index (χ1v) is 15.4. The third-order valence-corrected chi connectivity index (χ3v) is 9.14. The number of aromatic nitrogens is 4. The summed E-state index contributed by atoms with van der Waals surface area (Å²) < 4.78 is 60.0. The number of anilines is 1. The summed E-state index contributed by atoms with van der Waals surface area (Å²) in [5.41, 5.74) is 6.37. The zero-order valence-electron chi connectivity index (χ0n) is 19.8. The van der Waals surface area contributed by atoms with Crippen molar-refractivity contribution in [2.45, 2.75) is 31.5 Å². The molecular weight excluding hydrogens is 605 g/mol. The molecule has 0 saturated carbocycles. The van der Waals surface area contributed by atoms with Crippen LogP contribution in [0.5, 0.6) is 0 Å². The second-order valence-corrected chi connectivity index (χ2v) is 12.5. The molecule has 3 heterocycles. The van der Waals surface area contributed by atoms with Crippen molar-refractivity contribution in [3.63, 3.8) is 0 Å². The number of hydrogen-bond acceptors (Lipinski definition) is 14. The molecule has 5 atom stereocenters. The molecular formula is C17H21N6O14P3. The van der Waals surface area contributed by atoms with E-state index in [0.29, 0.717) is 0 Å². The van der Waals surface area contributed by atoms with Crippen LogP contribution in [-0.2, 0) is 42.9 Å². The van der Waals surface area contributed by atoms with Gasteiger partial charge >= 0.3 is 23.5 Å². The number of phosphoric ester groups is 1. The minimum Gasteiger partial charge on any atom is -0.382 e. The number of nitrogen functional groups attached to an aromatic ring is 1. The molecule has 1 aromatic carbocycles. The van der Waals surface area contributed by atoms with Crippen LogP contribution in [0, 0.1) is 10.1 Å². The molecule has 0 amide bonds. The maximum absolute atomic E-state index is 12.2. The van der Waals surface area contributed by atoms with Gasteiger partial charge in [0.2, 0.25) is 0 Å². The highest BCUT2D eigenvalue weighted by atomic mass is 31.3. The van der Waals surface area contributed by atoms with Crippen LogP contribution in [0.2, 0.25) is 0 Å². The van der Waals surface area contributed by atoms with Crippen molar-refractivity contribution in [1.82, 2.24) is 19.5 Å². The minimum absolute atomic E-state index is 0.0421. The third kappa shape index (κ3) is 7.52. The summed E-state index contributed by atoms with van der Waals surface area (Å²) in [5.74, 6) is 0.0927. The molecule has 20 nitrogen and oxygen atoms in total. The Hall–Kier alpha value is -2.70. The van der Waals surface area contributed by atoms with Crippen molar-refractivity contribution in [1.29, 1.82) is 0 Å². The van der Waals surface area contributed by atoms with E-state index in [1.165, 1.54) is 35.4 Å². The van der Waals surface area contributed by atoms with Gasteiger partial charge < -0.3 is 34.8 Å². The van der Waals surface area contributed by atoms with Crippen LogP contribution < -0.4 is 5.73 Å². The summed E-state index contributed by atoms with van der Waals surface area (Å²) >= 11 is 0. The molecule has 6 N–H and O–H groups in total. The van der Waals surface area contributed by atoms with Crippen LogP contribution in [0.3, 0.4) is 0 Å². The predicted octanol–water partition coefficient (Wildman–Crippen LogP) is 1.53. The summed E-state index contributed by atoms with van der Waals surface area (Å²) in [6.45, 7) is -1.09. The molecule has 218 valence electrons. The average molecular weight is 626 g/mol. The Morgan fingerprint density at radius 1 is 1.10 bits per heavy atom. The van der Waals surface area contributed by atoms with E-state index in [4.69, 9.17) is 29.5 Å². The van der Waals surface area contributed by atoms with Gasteiger partial charge in [-0.1, -0.05) is 12.1 Å². The first-order valence-electron chi connectivity index (χ1n) is 10.8. The quantitative estimate of drug-likeness (QED) is 0.108. The number of nitro groups is 1. The van der Waals surface area contributed by atoms with Crippen LogP contribution in [0.4, 0.5) is 11.5 Å². The Labute approximate surface area is 223 Å². The predicted molar refractivity (Wildman–Crippen MR) is 130 cm³/mol. The largest absolute Gasteiger partial charge is 0.490 e. The van der Waals surface area contributed by atoms with Gasteiger partial charge in [0.15, 0.2) is 11.5 Å². The summed E-state index contributed by atoms with van der Waals surface area (Å²) in [4.78, 5) is 59.4. The van der Waals surface area contributed by atoms with Crippen molar-refractivity contribution in [2.75, 3.05) is 12.3 Å². The number of fused-ring (bicyclic) bond motifs is 1. The fraction of sp³-hybridized carbons (Fsp3) is 0.353. The van der Waals surface area contributed by atoms with E-state index < -0.39 is 53.4 Å². The van der Waals surface area contributed by atoms with Gasteiger partial charge in [-0.15, -0.1) is 0 Å². The molecule has 1 aliphatic rings. The van der Waals surface area contributed by atoms with Crippen molar-refractivity contribution >= 4 is 46.1 Å². The fourth-order valence-corrected chi connectivity index (χ4v) is 6.79. The number of imidazole rings is 1. The maximum atomic E-state index is 12.2. The van der Waals surface area contributed by atoms with Crippen molar-refractivity contribution in [2.24, 2.45) is 0 Å². The molecule has 23 heteroatoms. The number of phosphoric acid groups is 3. The van der Waals surface area contributed by atoms with Crippen molar-refractivity contribution < 1.29 is 60.8 Å². The molecule has 1 fully saturated rings. The van der Waals surface area contributed by atoms with Gasteiger partial charge in [0, 0.05) is 12.5 Å². The van der Waals surface area contributed by atoms with E-state index in [9.17, 15) is 33.6 Å². The van der Waals surface area contributed by atoms with Crippen molar-refractivity contribution in [3.05, 3.63) is 52.6 Å². The van der Waals surface area contributed by atoms with Crippen molar-refractivity contribution in [3.8, 4) is 0 Å². The Morgan fingerprint density at radius 2 is 1.82 bits per heavy atom. The van der Waals surface area contributed by atoms with Gasteiger partial charge in [-0.2, -0.15) is 8.62 Å². The number of nitrogens with zero attached hydrogens (tertiary/aromatic N) is 5. The highest BCUT2D eigenvalue weighted by Crippen LogP contribution is 2.66. The summed E-state index contributed by atoms with van der Waals surface area (Å²) in [7, 11) is -16.8. The lowest BCUT2D eigenvalue weighted by atomic mass is 10.1. The lowest BCUT2D eigenvalue weighted by Gasteiger charge is -2.21. The van der Waals surface area contributed by atoms with Crippen LogP contribution >= 0.6 is 23.5 Å². The molecule has 1 aliphatic heterocycles. The molecule has 0 aliphatic carbocycles. The van der Waals surface area contributed by atoms with E-state index in [1.807, 2.05) is 0 Å². The molecule has 3 unspecified atom stereocenters. The van der Waals surface area contributed by atoms with E-state index in [1.54, 1.807) is 6.07 Å². The molecule has 0 radical (unpaired) electrons. The van der Waals surface area contributed by atoms with Crippen LogP contribution in [0.1, 0.15) is 18.2 Å².